The number of ether oxygens (including phenoxy) is 1. The van der Waals surface area contributed by atoms with Crippen LogP contribution in [0, 0.1) is 3.57 Å². The fourth-order valence-electron chi connectivity index (χ4n) is 1.33. The van der Waals surface area contributed by atoms with E-state index in [4.69, 9.17) is 4.74 Å². The van der Waals surface area contributed by atoms with Gasteiger partial charge in [-0.05, 0) is 54.6 Å². The molecule has 0 heterocycles. The highest BCUT2D eigenvalue weighted by Gasteiger charge is 2.13. The van der Waals surface area contributed by atoms with Crippen molar-refractivity contribution in [2.75, 3.05) is 13.2 Å². The number of aromatic hydroxyl groups is 1. The first-order valence-electron chi connectivity index (χ1n) is 5.41. The van der Waals surface area contributed by atoms with Crippen LogP contribution in [-0.4, -0.2) is 30.3 Å². The van der Waals surface area contributed by atoms with E-state index in [9.17, 15) is 9.90 Å². The van der Waals surface area contributed by atoms with E-state index in [-0.39, 0.29) is 17.7 Å². The SMILES string of the molecule is CCOCC(C)NC(=O)c1cc(I)ccc1O. The van der Waals surface area contributed by atoms with Crippen LogP contribution in [0.25, 0.3) is 0 Å². The Morgan fingerprint density at radius 3 is 2.94 bits per heavy atom. The van der Waals surface area contributed by atoms with Crippen LogP contribution in [0.15, 0.2) is 18.2 Å². The third-order valence-electron chi connectivity index (χ3n) is 2.15. The summed E-state index contributed by atoms with van der Waals surface area (Å²) in [4.78, 5) is 11.9. The summed E-state index contributed by atoms with van der Waals surface area (Å²) in [6.07, 6.45) is 0. The van der Waals surface area contributed by atoms with Gasteiger partial charge in [0.05, 0.1) is 12.2 Å². The van der Waals surface area contributed by atoms with Crippen molar-refractivity contribution in [2.24, 2.45) is 0 Å². The predicted molar refractivity (Wildman–Crippen MR) is 74.2 cm³/mol. The van der Waals surface area contributed by atoms with Crippen LogP contribution in [0.3, 0.4) is 0 Å². The molecule has 4 nitrogen and oxygen atoms in total. The van der Waals surface area contributed by atoms with E-state index in [2.05, 4.69) is 27.9 Å². The molecule has 0 aliphatic heterocycles. The molecule has 1 rings (SSSR count). The Kier molecular flexibility index (Phi) is 5.70. The van der Waals surface area contributed by atoms with Gasteiger partial charge in [-0.15, -0.1) is 0 Å². The molecule has 0 radical (unpaired) electrons. The molecule has 0 aliphatic carbocycles. The zero-order chi connectivity index (χ0) is 12.8. The lowest BCUT2D eigenvalue weighted by Gasteiger charge is -2.14. The topological polar surface area (TPSA) is 58.6 Å². The van der Waals surface area contributed by atoms with Gasteiger partial charge in [0.2, 0.25) is 0 Å². The van der Waals surface area contributed by atoms with E-state index >= 15 is 0 Å². The summed E-state index contributed by atoms with van der Waals surface area (Å²) in [6.45, 7) is 4.85. The molecule has 0 aromatic heterocycles. The Morgan fingerprint density at radius 1 is 1.59 bits per heavy atom. The Hall–Kier alpha value is -0.820. The monoisotopic (exact) mass is 349 g/mol. The van der Waals surface area contributed by atoms with Crippen LogP contribution in [-0.2, 0) is 4.74 Å². The van der Waals surface area contributed by atoms with Crippen LogP contribution in [0.2, 0.25) is 0 Å². The van der Waals surface area contributed by atoms with Gasteiger partial charge >= 0.3 is 0 Å². The third kappa shape index (κ3) is 4.51. The summed E-state index contributed by atoms with van der Waals surface area (Å²) in [7, 11) is 0. The molecule has 0 fully saturated rings. The van der Waals surface area contributed by atoms with E-state index < -0.39 is 0 Å². The summed E-state index contributed by atoms with van der Waals surface area (Å²) in [5, 5.41) is 12.4. The molecular weight excluding hydrogens is 333 g/mol. The van der Waals surface area contributed by atoms with Gasteiger partial charge in [0.15, 0.2) is 0 Å². The number of carbonyl (C=O) groups is 1. The van der Waals surface area contributed by atoms with E-state index in [0.29, 0.717) is 18.8 Å². The average Bonchev–Trinajstić information content (AvgIpc) is 2.29. The maximum Gasteiger partial charge on any atom is 0.255 e. The largest absolute Gasteiger partial charge is 0.507 e. The van der Waals surface area contributed by atoms with Crippen molar-refractivity contribution in [1.29, 1.82) is 0 Å². The van der Waals surface area contributed by atoms with E-state index in [1.807, 2.05) is 13.8 Å². The van der Waals surface area contributed by atoms with Gasteiger partial charge in [0.1, 0.15) is 5.75 Å². The van der Waals surface area contributed by atoms with Crippen LogP contribution in [0.4, 0.5) is 0 Å². The lowest BCUT2D eigenvalue weighted by atomic mass is 10.2. The zero-order valence-corrected chi connectivity index (χ0v) is 12.0. The molecule has 0 aliphatic rings. The number of hydrogen-bond acceptors (Lipinski definition) is 3. The van der Waals surface area contributed by atoms with Crippen molar-refractivity contribution >= 4 is 28.5 Å². The maximum absolute atomic E-state index is 11.9. The molecule has 1 aromatic carbocycles. The van der Waals surface area contributed by atoms with E-state index in [0.717, 1.165) is 3.57 Å². The van der Waals surface area contributed by atoms with Gasteiger partial charge in [-0.1, -0.05) is 0 Å². The number of phenolic OH excluding ortho intramolecular Hbond substituents is 1. The predicted octanol–water partition coefficient (Wildman–Crippen LogP) is 2.15. The number of halogens is 1. The summed E-state index contributed by atoms with van der Waals surface area (Å²) in [5.41, 5.74) is 0.292. The number of hydrogen-bond donors (Lipinski definition) is 2. The number of amides is 1. The molecule has 0 spiro atoms. The van der Waals surface area contributed by atoms with Gasteiger partial charge in [-0.3, -0.25) is 4.79 Å². The molecule has 0 bridgehead atoms. The molecule has 1 unspecified atom stereocenters. The van der Waals surface area contributed by atoms with Crippen molar-refractivity contribution in [3.05, 3.63) is 27.3 Å². The lowest BCUT2D eigenvalue weighted by molar-refractivity contribution is 0.0869. The van der Waals surface area contributed by atoms with Crippen molar-refractivity contribution in [3.63, 3.8) is 0 Å². The van der Waals surface area contributed by atoms with Crippen molar-refractivity contribution in [3.8, 4) is 5.75 Å². The summed E-state index contributed by atoms with van der Waals surface area (Å²) < 4.78 is 6.11. The minimum atomic E-state index is -0.284. The first-order valence-corrected chi connectivity index (χ1v) is 6.49. The number of benzene rings is 1. The van der Waals surface area contributed by atoms with E-state index in [1.165, 1.54) is 6.07 Å². The minimum absolute atomic E-state index is 0.00785. The number of phenols is 1. The molecule has 1 amide bonds. The maximum atomic E-state index is 11.9. The van der Waals surface area contributed by atoms with Crippen molar-refractivity contribution < 1.29 is 14.6 Å². The van der Waals surface area contributed by atoms with Crippen LogP contribution >= 0.6 is 22.6 Å². The Balaban J connectivity index is 2.66. The molecule has 1 aromatic rings. The fourth-order valence-corrected chi connectivity index (χ4v) is 1.82. The first-order chi connectivity index (χ1) is 8.04. The number of rotatable bonds is 5. The first kappa shape index (κ1) is 14.2. The molecule has 94 valence electrons. The second-order valence-electron chi connectivity index (χ2n) is 3.70. The molecule has 5 heteroatoms. The van der Waals surface area contributed by atoms with Gasteiger partial charge in [0.25, 0.3) is 5.91 Å². The summed E-state index contributed by atoms with van der Waals surface area (Å²) >= 11 is 2.10. The molecular formula is C12H16INO3. The molecule has 2 N–H and O–H groups in total. The van der Waals surface area contributed by atoms with Gasteiger partial charge < -0.3 is 15.2 Å². The standard InChI is InChI=1S/C12H16INO3/c1-3-17-7-8(2)14-12(16)10-6-9(13)4-5-11(10)15/h4-6,8,15H,3,7H2,1-2H3,(H,14,16). The highest BCUT2D eigenvalue weighted by molar-refractivity contribution is 14.1. The second-order valence-corrected chi connectivity index (χ2v) is 4.94. The zero-order valence-electron chi connectivity index (χ0n) is 9.87. The third-order valence-corrected chi connectivity index (χ3v) is 2.82. The van der Waals surface area contributed by atoms with Gasteiger partial charge in [0, 0.05) is 16.2 Å². The Morgan fingerprint density at radius 2 is 2.29 bits per heavy atom. The van der Waals surface area contributed by atoms with E-state index in [1.54, 1.807) is 12.1 Å². The minimum Gasteiger partial charge on any atom is -0.507 e. The highest BCUT2D eigenvalue weighted by Crippen LogP contribution is 2.19. The Labute approximate surface area is 115 Å². The number of carbonyl (C=O) groups excluding carboxylic acids is 1. The average molecular weight is 349 g/mol. The van der Waals surface area contributed by atoms with Crippen LogP contribution < -0.4 is 5.32 Å². The number of nitrogens with one attached hydrogen (secondary N) is 1. The van der Waals surface area contributed by atoms with Crippen LogP contribution in [0.1, 0.15) is 24.2 Å². The second kappa shape index (κ2) is 6.80. The van der Waals surface area contributed by atoms with Gasteiger partial charge in [-0.2, -0.15) is 0 Å². The van der Waals surface area contributed by atoms with Crippen molar-refractivity contribution in [1.82, 2.24) is 5.32 Å². The van der Waals surface area contributed by atoms with Gasteiger partial charge in [-0.25, -0.2) is 0 Å². The smallest absolute Gasteiger partial charge is 0.255 e. The summed E-state index contributed by atoms with van der Waals surface area (Å²) in [6, 6.07) is 4.83. The Bertz CT molecular complexity index is 395. The quantitative estimate of drug-likeness (QED) is 0.801. The van der Waals surface area contributed by atoms with Crippen LogP contribution in [0.5, 0.6) is 5.75 Å². The lowest BCUT2D eigenvalue weighted by Crippen LogP contribution is -2.35. The molecule has 0 saturated carbocycles. The van der Waals surface area contributed by atoms with Crippen molar-refractivity contribution in [2.45, 2.75) is 19.9 Å². The summed E-state index contributed by atoms with van der Waals surface area (Å²) in [5.74, 6) is -0.292. The fraction of sp³-hybridized carbons (Fsp3) is 0.417. The molecule has 17 heavy (non-hydrogen) atoms. The molecule has 1 atom stereocenters. The molecule has 0 saturated heterocycles. The highest BCUT2D eigenvalue weighted by atomic mass is 127. The normalized spacial score (nSPS) is 12.2.